The van der Waals surface area contributed by atoms with Crippen LogP contribution in [0.4, 0.5) is 0 Å². The van der Waals surface area contributed by atoms with Gasteiger partial charge in [-0.25, -0.2) is 0 Å². The van der Waals surface area contributed by atoms with Crippen LogP contribution in [0.15, 0.2) is 0 Å². The molecule has 0 spiro atoms. The maximum absolute atomic E-state index is 6.78. The van der Waals surface area contributed by atoms with Gasteiger partial charge in [0, 0.05) is 397 Å². The molecule has 0 aliphatic carbocycles. The van der Waals surface area contributed by atoms with Crippen molar-refractivity contribution < 1.29 is 0 Å². The quantitative estimate of drug-likeness (QED) is 0.0861. The lowest BCUT2D eigenvalue weighted by Crippen LogP contribution is -2.96. The van der Waals surface area contributed by atoms with Crippen LogP contribution in [0, 0.1) is 0 Å². The summed E-state index contributed by atoms with van der Waals surface area (Å²) in [7, 11) is 189. The average molecular weight is 605 g/mol. The van der Waals surface area contributed by atoms with Gasteiger partial charge in [0.1, 0.15) is 0 Å². The van der Waals surface area contributed by atoms with Crippen molar-refractivity contribution in [2.24, 2.45) is 0 Å². The van der Waals surface area contributed by atoms with E-state index >= 15 is 0 Å². The van der Waals surface area contributed by atoms with E-state index in [1.165, 1.54) is 0 Å². The molecule has 0 aromatic carbocycles. The Morgan fingerprint density at radius 1 is 0.107 bits per heavy atom. The molecule has 0 saturated carbocycles. The Hall–Kier alpha value is 3.64. The van der Waals surface area contributed by atoms with E-state index in [0.717, 1.165) is 0 Å². The summed E-state index contributed by atoms with van der Waals surface area (Å²) in [6.45, 7) is 0. The third kappa shape index (κ3) is 16.0. The van der Waals surface area contributed by atoms with Crippen molar-refractivity contribution in [3.63, 3.8) is 0 Å². The highest BCUT2D eigenvalue weighted by Gasteiger charge is 2.61. The van der Waals surface area contributed by atoms with Crippen molar-refractivity contribution in [1.29, 1.82) is 0 Å². The number of hydrogen-bond acceptors (Lipinski definition) is 0. The monoisotopic (exact) mass is 617 g/mol. The molecule has 0 aliphatic heterocycles. The molecule has 0 atom stereocenters. The van der Waals surface area contributed by atoms with Gasteiger partial charge < -0.3 is 0 Å². The summed E-state index contributed by atoms with van der Waals surface area (Å²) in [5.41, 5.74) is 0. The van der Waals surface area contributed by atoms with Crippen LogP contribution in [0.2, 0.25) is 0 Å². The Balaban J connectivity index is 10.2. The van der Waals surface area contributed by atoms with Crippen LogP contribution in [0.3, 0.4) is 0 Å². The second-order valence-electron chi connectivity index (χ2n) is 15.6. The first kappa shape index (κ1) is 59.6. The molecule has 58 radical (unpaired) electrons. The molecule has 0 aromatic rings. The largest absolute Gasteiger partial charge is 0 e. The first-order valence-electron chi connectivity index (χ1n) is 18.3. The molecular formula is B56. The van der Waals surface area contributed by atoms with Crippen LogP contribution in [0.1, 0.15) is 0 Å². The molecule has 0 saturated heterocycles. The third-order valence-corrected chi connectivity index (χ3v) is 11.6. The molecule has 0 amide bonds. The molecule has 0 bridgehead atoms. The van der Waals surface area contributed by atoms with E-state index < -0.39 is 172 Å². The van der Waals surface area contributed by atoms with Gasteiger partial charge in [-0.15, -0.1) is 0 Å². The summed E-state index contributed by atoms with van der Waals surface area (Å²) in [5, 5.41) is 0. The molecule has 56 heteroatoms. The van der Waals surface area contributed by atoms with Crippen LogP contribution in [0.25, 0.3) is 0 Å². The summed E-state index contributed by atoms with van der Waals surface area (Å²) in [4.78, 5) is 0. The SMILES string of the molecule is [B]B([B])B([B])B(B([B])[B])B(B(B([B])[B])B([B])[B])B(B(B(B([B])[B])B([B])[B])B(B([B])[B])B([B])[B])B(B(B([B])[B])B([B])[B])B(B(B([B])[B])B([B])[B])B(B([B])[B])B([B])[B]. The molecule has 0 nitrogen and oxygen atoms in total. The van der Waals surface area contributed by atoms with Crippen LogP contribution in [-0.4, -0.2) is 397 Å². The van der Waals surface area contributed by atoms with Gasteiger partial charge in [-0.2, -0.15) is 0 Å². The van der Waals surface area contributed by atoms with Crippen molar-refractivity contribution in [3.05, 3.63) is 0 Å². The lowest BCUT2D eigenvalue weighted by Gasteiger charge is -2.58. The van der Waals surface area contributed by atoms with Crippen LogP contribution in [0.5, 0.6) is 0 Å². The van der Waals surface area contributed by atoms with Crippen molar-refractivity contribution in [1.82, 2.24) is 0 Å². The molecule has 0 fully saturated rings. The van der Waals surface area contributed by atoms with Crippen LogP contribution < -0.4 is 0 Å². The van der Waals surface area contributed by atoms with E-state index in [-0.39, 0.29) is 0 Å². The highest BCUT2D eigenvalue weighted by Crippen LogP contribution is 2.23. The Morgan fingerprint density at radius 2 is 0.214 bits per heavy atom. The predicted octanol–water partition coefficient (Wildman–Crippen LogP) is -21.3. The molecule has 0 N–H and O–H groups in total. The molecule has 56 heavy (non-hydrogen) atoms. The molecule has 0 unspecified atom stereocenters. The molecular weight excluding hydrogens is 605 g/mol. The maximum atomic E-state index is 6.78. The summed E-state index contributed by atoms with van der Waals surface area (Å²) in [6, 6.07) is 0. The molecule has 0 heterocycles. The Morgan fingerprint density at radius 3 is 0.339 bits per heavy atom. The van der Waals surface area contributed by atoms with E-state index in [4.69, 9.17) is 224 Å². The maximum Gasteiger partial charge on any atom is 0 e. The van der Waals surface area contributed by atoms with Gasteiger partial charge >= 0.3 is 0 Å². The minimum Gasteiger partial charge on any atom is 0 e. The molecule has 0 aliphatic rings. The van der Waals surface area contributed by atoms with Gasteiger partial charge in [-0.3, -0.25) is 0 Å². The third-order valence-electron chi connectivity index (χ3n) is 11.6. The highest BCUT2D eigenvalue weighted by atomic mass is 13.4. The van der Waals surface area contributed by atoms with Gasteiger partial charge in [-0.1, -0.05) is 0 Å². The summed E-state index contributed by atoms with van der Waals surface area (Å²) in [6.07, 6.45) is -37.1. The fourth-order valence-corrected chi connectivity index (χ4v) is 9.49. The fourth-order valence-electron chi connectivity index (χ4n) is 9.49. The lowest BCUT2D eigenvalue weighted by atomic mass is 8.23. The second-order valence-corrected chi connectivity index (χ2v) is 15.6. The van der Waals surface area contributed by atoms with E-state index in [0.29, 0.717) is 0 Å². The second kappa shape index (κ2) is 27.2. The first-order valence-corrected chi connectivity index (χ1v) is 18.3. The van der Waals surface area contributed by atoms with Gasteiger partial charge in [-0.05, 0) is 0 Å². The van der Waals surface area contributed by atoms with E-state index in [9.17, 15) is 0 Å². The predicted molar refractivity (Wildman–Crippen MR) is 322 cm³/mol. The normalized spacial score (nSPS) is 9.71. The zero-order chi connectivity index (χ0) is 44.6. The number of hydrogen-bond donors (Lipinski definition) is 0. The number of rotatable bonds is 26. The summed E-state index contributed by atoms with van der Waals surface area (Å²) in [5.74, 6) is 0. The summed E-state index contributed by atoms with van der Waals surface area (Å²) < 4.78 is 0. The van der Waals surface area contributed by atoms with Crippen molar-refractivity contribution in [2.45, 2.75) is 0 Å². The Labute approximate surface area is 393 Å². The minimum atomic E-state index is -1.46. The van der Waals surface area contributed by atoms with Gasteiger partial charge in [0.2, 0.25) is 0 Å². The fraction of sp³-hybridized carbons (Fsp3) is 0. The Kier molecular flexibility index (Phi) is 29.0. The van der Waals surface area contributed by atoms with Crippen LogP contribution in [-0.2, 0) is 0 Å². The smallest absolute Gasteiger partial charge is 0 e. The first-order chi connectivity index (χ1) is 25.4. The van der Waals surface area contributed by atoms with E-state index in [1.54, 1.807) is 0 Å². The van der Waals surface area contributed by atoms with Crippen molar-refractivity contribution in [3.8, 4) is 0 Å². The average Bonchev–Trinajstić information content (AvgIpc) is 2.97. The zero-order valence-electron chi connectivity index (χ0n) is 32.3. The summed E-state index contributed by atoms with van der Waals surface area (Å²) >= 11 is 0. The minimum absolute atomic E-state index is 1.27. The zero-order valence-corrected chi connectivity index (χ0v) is 32.3. The molecule has 168 valence electrons. The van der Waals surface area contributed by atoms with E-state index in [2.05, 4.69) is 0 Å². The standard InChI is InChI=1S/B56/c1-30(2)44(29)51(43(27)28)54(49(39(19)20)40(21)22)56(53(47(35(11)12)36(13)14)48(37(15)16)38(17)18)55(50(41(23)24)42(25)26)52(45(31(3)4)32(5)6)46(33(7)8)34(9)10. The molecule has 0 aromatic heterocycles. The van der Waals surface area contributed by atoms with Gasteiger partial charge in [0.05, 0.1) is 0 Å². The highest BCUT2D eigenvalue weighted by molar-refractivity contribution is 8.36. The van der Waals surface area contributed by atoms with E-state index in [1.807, 2.05) is 0 Å². The van der Waals surface area contributed by atoms with Crippen LogP contribution >= 0.6 is 0 Å². The van der Waals surface area contributed by atoms with Crippen molar-refractivity contribution in [2.75, 3.05) is 0 Å². The topological polar surface area (TPSA) is 0 Å². The lowest BCUT2D eigenvalue weighted by molar-refractivity contribution is 3.18. The van der Waals surface area contributed by atoms with Crippen molar-refractivity contribution >= 4 is 397 Å². The Bertz CT molecular complexity index is 911. The van der Waals surface area contributed by atoms with Gasteiger partial charge in [0.25, 0.3) is 0 Å². The molecule has 0 rings (SSSR count). The van der Waals surface area contributed by atoms with Gasteiger partial charge in [0.15, 0.2) is 0 Å².